The number of hydrogen-bond donors (Lipinski definition) is 1. The van der Waals surface area contributed by atoms with Gasteiger partial charge in [0.05, 0.1) is 4.92 Å². The molecule has 1 heterocycles. The topological polar surface area (TPSA) is 92.5 Å². The van der Waals surface area contributed by atoms with Crippen molar-refractivity contribution in [2.45, 2.75) is 17.7 Å². The minimum atomic E-state index is -3.90. The molecule has 0 amide bonds. The highest BCUT2D eigenvalue weighted by atomic mass is 32.2. The van der Waals surface area contributed by atoms with Crippen LogP contribution in [0.3, 0.4) is 0 Å². The van der Waals surface area contributed by atoms with E-state index in [-0.39, 0.29) is 11.4 Å². The molecule has 132 valence electrons. The largest absolute Gasteiger partial charge is 0.371 e. The van der Waals surface area contributed by atoms with Gasteiger partial charge in [-0.25, -0.2) is 13.1 Å². The Labute approximate surface area is 146 Å². The average molecular weight is 361 g/mol. The van der Waals surface area contributed by atoms with Crippen molar-refractivity contribution in [1.82, 2.24) is 4.72 Å². The molecule has 2 aromatic carbocycles. The molecule has 3 rings (SSSR count). The van der Waals surface area contributed by atoms with Crippen molar-refractivity contribution in [2.75, 3.05) is 24.5 Å². The highest BCUT2D eigenvalue weighted by molar-refractivity contribution is 7.89. The fourth-order valence-electron chi connectivity index (χ4n) is 3.03. The molecule has 0 radical (unpaired) electrons. The SMILES string of the molecule is O=[N+]([O-])c1ccccc1S(=O)(=O)NCCCN1CCc2ccccc21. The Balaban J connectivity index is 1.58. The lowest BCUT2D eigenvalue weighted by molar-refractivity contribution is -0.387. The van der Waals surface area contributed by atoms with Gasteiger partial charge in [-0.2, -0.15) is 0 Å². The summed E-state index contributed by atoms with van der Waals surface area (Å²) in [4.78, 5) is 12.2. The molecule has 2 aromatic rings. The van der Waals surface area contributed by atoms with Gasteiger partial charge in [-0.15, -0.1) is 0 Å². The van der Waals surface area contributed by atoms with E-state index < -0.39 is 20.6 Å². The molecule has 25 heavy (non-hydrogen) atoms. The van der Waals surface area contributed by atoms with Crippen molar-refractivity contribution in [1.29, 1.82) is 0 Å². The summed E-state index contributed by atoms with van der Waals surface area (Å²) in [6, 6.07) is 13.5. The van der Waals surface area contributed by atoms with E-state index in [0.717, 1.165) is 19.5 Å². The fraction of sp³-hybridized carbons (Fsp3) is 0.294. The number of anilines is 1. The molecule has 7 nitrogen and oxygen atoms in total. The molecule has 0 aromatic heterocycles. The first-order valence-electron chi connectivity index (χ1n) is 8.05. The molecular weight excluding hydrogens is 342 g/mol. The van der Waals surface area contributed by atoms with Crippen LogP contribution in [0, 0.1) is 10.1 Å². The van der Waals surface area contributed by atoms with E-state index in [1.54, 1.807) is 0 Å². The van der Waals surface area contributed by atoms with Crippen LogP contribution in [0.1, 0.15) is 12.0 Å². The lowest BCUT2D eigenvalue weighted by atomic mass is 10.2. The van der Waals surface area contributed by atoms with Crippen LogP contribution < -0.4 is 9.62 Å². The number of hydrogen-bond acceptors (Lipinski definition) is 5. The van der Waals surface area contributed by atoms with Gasteiger partial charge in [0.25, 0.3) is 5.69 Å². The molecule has 0 unspecified atom stereocenters. The van der Waals surface area contributed by atoms with E-state index >= 15 is 0 Å². The quantitative estimate of drug-likeness (QED) is 0.464. The summed E-state index contributed by atoms with van der Waals surface area (Å²) in [5, 5.41) is 11.0. The van der Waals surface area contributed by atoms with Crippen LogP contribution in [-0.2, 0) is 16.4 Å². The van der Waals surface area contributed by atoms with Gasteiger partial charge in [0.2, 0.25) is 10.0 Å². The zero-order chi connectivity index (χ0) is 17.9. The van der Waals surface area contributed by atoms with Gasteiger partial charge in [0, 0.05) is 31.4 Å². The van der Waals surface area contributed by atoms with Crippen LogP contribution in [0.2, 0.25) is 0 Å². The Morgan fingerprint density at radius 1 is 1.12 bits per heavy atom. The monoisotopic (exact) mass is 361 g/mol. The van der Waals surface area contributed by atoms with Crippen LogP contribution in [0.4, 0.5) is 11.4 Å². The summed E-state index contributed by atoms with van der Waals surface area (Å²) in [6.45, 7) is 1.89. The second-order valence-electron chi connectivity index (χ2n) is 5.84. The van der Waals surface area contributed by atoms with E-state index in [9.17, 15) is 18.5 Å². The lowest BCUT2D eigenvalue weighted by Crippen LogP contribution is -2.29. The molecule has 0 spiro atoms. The Kier molecular flexibility index (Phi) is 5.00. The molecule has 8 heteroatoms. The predicted octanol–water partition coefficient (Wildman–Crippen LogP) is 2.33. The number of rotatable bonds is 7. The van der Waals surface area contributed by atoms with Crippen LogP contribution in [0.25, 0.3) is 0 Å². The smallest absolute Gasteiger partial charge is 0.289 e. The number of benzene rings is 2. The third kappa shape index (κ3) is 3.80. The summed E-state index contributed by atoms with van der Waals surface area (Å²) in [5.41, 5.74) is 2.09. The van der Waals surface area contributed by atoms with Crippen molar-refractivity contribution < 1.29 is 13.3 Å². The Morgan fingerprint density at radius 2 is 1.84 bits per heavy atom. The number of fused-ring (bicyclic) bond motifs is 1. The fourth-order valence-corrected chi connectivity index (χ4v) is 4.27. The normalized spacial score (nSPS) is 13.7. The van der Waals surface area contributed by atoms with Crippen LogP contribution >= 0.6 is 0 Å². The maximum atomic E-state index is 12.3. The van der Waals surface area contributed by atoms with Gasteiger partial charge in [0.1, 0.15) is 0 Å². The first-order valence-corrected chi connectivity index (χ1v) is 9.53. The van der Waals surface area contributed by atoms with Gasteiger partial charge in [-0.05, 0) is 30.5 Å². The summed E-state index contributed by atoms with van der Waals surface area (Å²) in [7, 11) is -3.90. The van der Waals surface area contributed by atoms with Crippen molar-refractivity contribution in [3.8, 4) is 0 Å². The molecule has 0 aliphatic carbocycles. The van der Waals surface area contributed by atoms with Crippen LogP contribution in [0.5, 0.6) is 0 Å². The van der Waals surface area contributed by atoms with Crippen molar-refractivity contribution >= 4 is 21.4 Å². The number of nitrogens with zero attached hydrogens (tertiary/aromatic N) is 2. The molecule has 0 saturated carbocycles. The molecule has 0 fully saturated rings. The number of para-hydroxylation sites is 2. The van der Waals surface area contributed by atoms with Gasteiger partial charge in [-0.1, -0.05) is 30.3 Å². The minimum absolute atomic E-state index is 0.229. The van der Waals surface area contributed by atoms with Gasteiger partial charge in [0.15, 0.2) is 4.90 Å². The number of nitro benzene ring substituents is 1. The maximum absolute atomic E-state index is 12.3. The molecule has 1 aliphatic heterocycles. The lowest BCUT2D eigenvalue weighted by Gasteiger charge is -2.19. The summed E-state index contributed by atoms with van der Waals surface area (Å²) < 4.78 is 27.1. The van der Waals surface area contributed by atoms with E-state index in [1.165, 1.54) is 35.5 Å². The zero-order valence-corrected chi connectivity index (χ0v) is 14.4. The van der Waals surface area contributed by atoms with Gasteiger partial charge in [-0.3, -0.25) is 10.1 Å². The van der Waals surface area contributed by atoms with E-state index in [2.05, 4.69) is 21.8 Å². The second kappa shape index (κ2) is 7.20. The first-order chi connectivity index (χ1) is 12.0. The van der Waals surface area contributed by atoms with E-state index in [4.69, 9.17) is 0 Å². The molecule has 1 N–H and O–H groups in total. The van der Waals surface area contributed by atoms with Crippen LogP contribution in [0.15, 0.2) is 53.4 Å². The summed E-state index contributed by atoms with van der Waals surface area (Å²) in [5.74, 6) is 0. The molecule has 0 bridgehead atoms. The third-order valence-corrected chi connectivity index (χ3v) is 5.74. The highest BCUT2D eigenvalue weighted by Crippen LogP contribution is 2.27. The average Bonchev–Trinajstić information content (AvgIpc) is 3.02. The molecule has 1 aliphatic rings. The Bertz CT molecular complexity index is 883. The zero-order valence-electron chi connectivity index (χ0n) is 13.6. The molecular formula is C17H19N3O4S. The number of sulfonamides is 1. The number of nitrogens with one attached hydrogen (secondary N) is 1. The van der Waals surface area contributed by atoms with Crippen molar-refractivity contribution in [2.24, 2.45) is 0 Å². The van der Waals surface area contributed by atoms with Crippen LogP contribution in [-0.4, -0.2) is 33.0 Å². The van der Waals surface area contributed by atoms with Gasteiger partial charge >= 0.3 is 0 Å². The standard InChI is InChI=1S/C17H19N3O4S/c21-20(22)16-8-3-4-9-17(16)25(23,24)18-11-5-12-19-13-10-14-6-1-2-7-15(14)19/h1-4,6-9,18H,5,10-13H2. The Hall–Kier alpha value is -2.45. The summed E-state index contributed by atoms with van der Waals surface area (Å²) >= 11 is 0. The third-order valence-electron chi connectivity index (χ3n) is 4.23. The highest BCUT2D eigenvalue weighted by Gasteiger charge is 2.24. The Morgan fingerprint density at radius 3 is 2.64 bits per heavy atom. The minimum Gasteiger partial charge on any atom is -0.371 e. The van der Waals surface area contributed by atoms with Gasteiger partial charge < -0.3 is 4.90 Å². The van der Waals surface area contributed by atoms with Crippen molar-refractivity contribution in [3.63, 3.8) is 0 Å². The van der Waals surface area contributed by atoms with E-state index in [0.29, 0.717) is 6.42 Å². The number of nitro groups is 1. The second-order valence-corrected chi connectivity index (χ2v) is 7.58. The molecule has 0 atom stereocenters. The van der Waals surface area contributed by atoms with E-state index in [1.807, 2.05) is 12.1 Å². The summed E-state index contributed by atoms with van der Waals surface area (Å²) in [6.07, 6.45) is 1.62. The molecule has 0 saturated heterocycles. The predicted molar refractivity (Wildman–Crippen MR) is 95.3 cm³/mol. The first kappa shape index (κ1) is 17.4. The van der Waals surface area contributed by atoms with Crippen molar-refractivity contribution in [3.05, 3.63) is 64.2 Å². The maximum Gasteiger partial charge on any atom is 0.289 e.